The highest BCUT2D eigenvalue weighted by Crippen LogP contribution is 2.25. The molecule has 1 aliphatic heterocycles. The summed E-state index contributed by atoms with van der Waals surface area (Å²) in [6.07, 6.45) is 0.882. The van der Waals surface area contributed by atoms with Crippen LogP contribution in [0.4, 0.5) is 8.78 Å². The Kier molecular flexibility index (Phi) is 4.11. The van der Waals surface area contributed by atoms with Gasteiger partial charge in [0.05, 0.1) is 0 Å². The molecular weight excluding hydrogens is 220 g/mol. The predicted molar refractivity (Wildman–Crippen MR) is 65.4 cm³/mol. The van der Waals surface area contributed by atoms with Crippen molar-refractivity contribution in [3.8, 4) is 0 Å². The molecule has 0 amide bonds. The molecule has 1 saturated heterocycles. The van der Waals surface area contributed by atoms with E-state index in [4.69, 9.17) is 0 Å². The van der Waals surface area contributed by atoms with Crippen molar-refractivity contribution in [2.75, 3.05) is 13.1 Å². The van der Waals surface area contributed by atoms with E-state index in [-0.39, 0.29) is 5.56 Å². The number of aryl methyl sites for hydroxylation is 1. The summed E-state index contributed by atoms with van der Waals surface area (Å²) >= 11 is 0. The van der Waals surface area contributed by atoms with Crippen LogP contribution < -0.4 is 5.32 Å². The third-order valence-electron chi connectivity index (χ3n) is 3.59. The van der Waals surface area contributed by atoms with E-state index in [9.17, 15) is 8.78 Å². The monoisotopic (exact) mass is 239 g/mol. The van der Waals surface area contributed by atoms with Gasteiger partial charge in [0.2, 0.25) is 0 Å². The van der Waals surface area contributed by atoms with E-state index in [1.807, 2.05) is 13.0 Å². The molecule has 0 spiro atoms. The maximum Gasteiger partial charge on any atom is 0.263 e. The Bertz CT molecular complexity index is 370. The van der Waals surface area contributed by atoms with Crippen LogP contribution in [0.3, 0.4) is 0 Å². The molecule has 1 aliphatic rings. The molecule has 0 saturated carbocycles. The van der Waals surface area contributed by atoms with E-state index in [0.717, 1.165) is 43.5 Å². The smallest absolute Gasteiger partial charge is 0.263 e. The molecule has 0 bridgehead atoms. The molecule has 17 heavy (non-hydrogen) atoms. The normalized spacial score (nSPS) is 17.6. The molecule has 3 heteroatoms. The maximum absolute atomic E-state index is 12.6. The van der Waals surface area contributed by atoms with Crippen LogP contribution in [-0.2, 0) is 6.42 Å². The van der Waals surface area contributed by atoms with Crippen LogP contribution in [-0.4, -0.2) is 13.1 Å². The third kappa shape index (κ3) is 3.25. The quantitative estimate of drug-likeness (QED) is 0.851. The summed E-state index contributed by atoms with van der Waals surface area (Å²) in [6.45, 7) is 4.11. The number of nitrogens with one attached hydrogen (secondary N) is 1. The van der Waals surface area contributed by atoms with Gasteiger partial charge in [0.1, 0.15) is 0 Å². The van der Waals surface area contributed by atoms with Gasteiger partial charge in [-0.15, -0.1) is 0 Å². The Morgan fingerprint density at radius 2 is 2.00 bits per heavy atom. The first-order valence-corrected chi connectivity index (χ1v) is 6.25. The zero-order chi connectivity index (χ0) is 12.3. The molecule has 1 nitrogen and oxygen atoms in total. The fraction of sp³-hybridized carbons (Fsp3) is 0.571. The minimum absolute atomic E-state index is 0.152. The van der Waals surface area contributed by atoms with Crippen molar-refractivity contribution >= 4 is 0 Å². The van der Waals surface area contributed by atoms with E-state index >= 15 is 0 Å². The average molecular weight is 239 g/mol. The van der Waals surface area contributed by atoms with E-state index in [1.54, 1.807) is 6.07 Å². The molecule has 94 valence electrons. The summed E-state index contributed by atoms with van der Waals surface area (Å²) in [5.74, 6) is 0.642. The van der Waals surface area contributed by atoms with Gasteiger partial charge < -0.3 is 5.32 Å². The fourth-order valence-electron chi connectivity index (χ4n) is 2.44. The van der Waals surface area contributed by atoms with Gasteiger partial charge in [-0.3, -0.25) is 0 Å². The maximum atomic E-state index is 12.6. The van der Waals surface area contributed by atoms with Crippen molar-refractivity contribution in [3.05, 3.63) is 34.9 Å². The minimum atomic E-state index is -2.36. The van der Waals surface area contributed by atoms with Gasteiger partial charge in [0.25, 0.3) is 6.43 Å². The van der Waals surface area contributed by atoms with Gasteiger partial charge in [-0.2, -0.15) is 0 Å². The third-order valence-corrected chi connectivity index (χ3v) is 3.59. The number of rotatable bonds is 3. The summed E-state index contributed by atoms with van der Waals surface area (Å²) < 4.78 is 25.3. The molecule has 0 radical (unpaired) electrons. The number of piperidine rings is 1. The first kappa shape index (κ1) is 12.5. The lowest BCUT2D eigenvalue weighted by Crippen LogP contribution is -2.28. The Balaban J connectivity index is 2.10. The zero-order valence-corrected chi connectivity index (χ0v) is 10.2. The van der Waals surface area contributed by atoms with Gasteiger partial charge in [0.15, 0.2) is 0 Å². The first-order valence-electron chi connectivity index (χ1n) is 6.25. The minimum Gasteiger partial charge on any atom is -0.317 e. The van der Waals surface area contributed by atoms with E-state index in [0.29, 0.717) is 5.92 Å². The largest absolute Gasteiger partial charge is 0.317 e. The molecule has 0 aliphatic carbocycles. The van der Waals surface area contributed by atoms with Crippen molar-refractivity contribution in [1.82, 2.24) is 5.32 Å². The first-order chi connectivity index (χ1) is 8.16. The molecular formula is C14H19F2N. The molecule has 1 aromatic rings. The van der Waals surface area contributed by atoms with Crippen LogP contribution in [0.1, 0.15) is 36.0 Å². The highest BCUT2D eigenvalue weighted by Gasteiger charge is 2.16. The lowest BCUT2D eigenvalue weighted by molar-refractivity contribution is 0.151. The Morgan fingerprint density at radius 3 is 2.65 bits per heavy atom. The second-order valence-corrected chi connectivity index (χ2v) is 4.88. The molecule has 2 rings (SSSR count). The topological polar surface area (TPSA) is 12.0 Å². The highest BCUT2D eigenvalue weighted by atomic mass is 19.3. The van der Waals surface area contributed by atoms with Gasteiger partial charge in [-0.05, 0) is 62.4 Å². The number of benzene rings is 1. The zero-order valence-electron chi connectivity index (χ0n) is 10.2. The molecule has 0 atom stereocenters. The molecule has 1 heterocycles. The van der Waals surface area contributed by atoms with Crippen molar-refractivity contribution in [2.45, 2.75) is 32.6 Å². The summed E-state index contributed by atoms with van der Waals surface area (Å²) in [6, 6.07) is 5.03. The Hall–Kier alpha value is -0.960. The average Bonchev–Trinajstić information content (AvgIpc) is 2.33. The van der Waals surface area contributed by atoms with Crippen LogP contribution in [0.5, 0.6) is 0 Å². The van der Waals surface area contributed by atoms with Crippen molar-refractivity contribution < 1.29 is 8.78 Å². The summed E-state index contributed by atoms with van der Waals surface area (Å²) in [5.41, 5.74) is 2.38. The lowest BCUT2D eigenvalue weighted by atomic mass is 9.88. The van der Waals surface area contributed by atoms with E-state index in [2.05, 4.69) is 5.32 Å². The number of hydrogen-bond acceptors (Lipinski definition) is 1. The fourth-order valence-corrected chi connectivity index (χ4v) is 2.44. The van der Waals surface area contributed by atoms with Crippen molar-refractivity contribution in [3.63, 3.8) is 0 Å². The van der Waals surface area contributed by atoms with E-state index in [1.165, 1.54) is 6.07 Å². The van der Waals surface area contributed by atoms with Gasteiger partial charge >= 0.3 is 0 Å². The van der Waals surface area contributed by atoms with Crippen molar-refractivity contribution in [2.24, 2.45) is 5.92 Å². The molecule has 1 fully saturated rings. The number of hydrogen-bond donors (Lipinski definition) is 1. The molecule has 1 aromatic carbocycles. The van der Waals surface area contributed by atoms with Crippen LogP contribution >= 0.6 is 0 Å². The van der Waals surface area contributed by atoms with Gasteiger partial charge in [-0.1, -0.05) is 12.1 Å². The Morgan fingerprint density at radius 1 is 1.29 bits per heavy atom. The highest BCUT2D eigenvalue weighted by molar-refractivity contribution is 5.32. The summed E-state index contributed by atoms with van der Waals surface area (Å²) in [4.78, 5) is 0. The molecule has 0 aromatic heterocycles. The van der Waals surface area contributed by atoms with Crippen LogP contribution in [0.2, 0.25) is 0 Å². The number of halogens is 2. The molecule has 0 unspecified atom stereocenters. The summed E-state index contributed by atoms with van der Waals surface area (Å²) in [5, 5.41) is 3.32. The summed E-state index contributed by atoms with van der Waals surface area (Å²) in [7, 11) is 0. The van der Waals surface area contributed by atoms with E-state index < -0.39 is 6.43 Å². The second-order valence-electron chi connectivity index (χ2n) is 4.88. The molecule has 1 N–H and O–H groups in total. The van der Waals surface area contributed by atoms with Crippen LogP contribution in [0.15, 0.2) is 18.2 Å². The Labute approximate surface area is 101 Å². The van der Waals surface area contributed by atoms with Crippen LogP contribution in [0.25, 0.3) is 0 Å². The standard InChI is InChI=1S/C14H19F2N/c1-10-2-3-12(14(15)16)9-13(10)8-11-4-6-17-7-5-11/h2-3,9,11,14,17H,4-8H2,1H3. The van der Waals surface area contributed by atoms with Crippen LogP contribution in [0, 0.1) is 12.8 Å². The van der Waals surface area contributed by atoms with Gasteiger partial charge in [0, 0.05) is 5.56 Å². The number of alkyl halides is 2. The lowest BCUT2D eigenvalue weighted by Gasteiger charge is -2.23. The van der Waals surface area contributed by atoms with Crippen molar-refractivity contribution in [1.29, 1.82) is 0 Å². The SMILES string of the molecule is Cc1ccc(C(F)F)cc1CC1CCNCC1. The predicted octanol–water partition coefficient (Wildman–Crippen LogP) is 3.47. The van der Waals surface area contributed by atoms with Gasteiger partial charge in [-0.25, -0.2) is 8.78 Å². The second kappa shape index (κ2) is 5.58.